The molecule has 0 unspecified atom stereocenters. The molecule has 0 bridgehead atoms. The van der Waals surface area contributed by atoms with Gasteiger partial charge in [-0.2, -0.15) is 0 Å². The molecule has 0 amide bonds. The van der Waals surface area contributed by atoms with E-state index < -0.39 is 0 Å². The van der Waals surface area contributed by atoms with Gasteiger partial charge in [0.05, 0.1) is 0 Å². The molecular weight excluding hydrogens is 319 g/mol. The smallest absolute Gasteiger partial charge is 0.385 e. The molecule has 0 atom stereocenters. The quantitative estimate of drug-likeness (QED) is 0.585. The van der Waals surface area contributed by atoms with Crippen LogP contribution in [0.15, 0.2) is 0 Å². The van der Waals surface area contributed by atoms with Crippen LogP contribution in [0.3, 0.4) is 0 Å². The predicted molar refractivity (Wildman–Crippen MR) is 101 cm³/mol. The van der Waals surface area contributed by atoms with Crippen molar-refractivity contribution < 1.29 is 29.6 Å². The first-order chi connectivity index (χ1) is 10.2. The van der Waals surface area contributed by atoms with Gasteiger partial charge < -0.3 is 11.5 Å². The van der Waals surface area contributed by atoms with E-state index in [1.807, 2.05) is 0 Å². The molecule has 0 aliphatic heterocycles. The fraction of sp³-hybridized carbons (Fsp3) is 0.941. The molecule has 2 rings (SSSR count). The summed E-state index contributed by atoms with van der Waals surface area (Å²) in [5.41, 5.74) is 10.9. The Morgan fingerprint density at radius 3 is 1.73 bits per heavy atom. The summed E-state index contributed by atoms with van der Waals surface area (Å²) >= 11 is 6.44. The van der Waals surface area contributed by atoms with Gasteiger partial charge in [0.1, 0.15) is 4.32 Å². The second kappa shape index (κ2) is 15.7. The number of rotatable bonds is 5. The molecule has 4 N–H and O–H groups in total. The number of hydrogen-bond donors (Lipinski definition) is 2. The van der Waals surface area contributed by atoms with Crippen LogP contribution in [0, 0.1) is 11.8 Å². The van der Waals surface area contributed by atoms with Crippen LogP contribution in [0.4, 0.5) is 0 Å². The molecule has 2 nitrogen and oxygen atoms in total. The fourth-order valence-electron chi connectivity index (χ4n) is 3.51. The minimum Gasteiger partial charge on any atom is -0.385 e. The normalized spacial score (nSPS) is 19.7. The summed E-state index contributed by atoms with van der Waals surface area (Å²) < 4.78 is 0.603. The van der Waals surface area contributed by atoms with Crippen LogP contribution in [0.25, 0.3) is 0 Å². The van der Waals surface area contributed by atoms with Crippen molar-refractivity contribution in [2.45, 2.75) is 77.0 Å². The first-order valence-electron chi connectivity index (χ1n) is 8.84. The van der Waals surface area contributed by atoms with Crippen LogP contribution in [0.2, 0.25) is 0 Å². The molecule has 0 spiro atoms. The van der Waals surface area contributed by atoms with Crippen molar-refractivity contribution in [1.82, 2.24) is 0 Å². The van der Waals surface area contributed by atoms with Crippen molar-refractivity contribution in [2.75, 3.05) is 12.3 Å². The zero-order chi connectivity index (χ0) is 15.3. The topological polar surface area (TPSA) is 52.0 Å². The molecule has 2 saturated carbocycles. The molecule has 0 aromatic heterocycles. The Morgan fingerprint density at radius 2 is 1.32 bits per heavy atom. The molecule has 0 radical (unpaired) electrons. The number of thiocarbonyl (C=S) groups is 1. The van der Waals surface area contributed by atoms with Crippen LogP contribution in [0.5, 0.6) is 0 Å². The Bertz CT molecular complexity index is 263. The Kier molecular flexibility index (Phi) is 16.6. The van der Waals surface area contributed by atoms with E-state index in [2.05, 4.69) is 0 Å². The van der Waals surface area contributed by atoms with E-state index in [1.165, 1.54) is 77.0 Å². The molecule has 2 aliphatic carbocycles. The molecule has 5 heteroatoms. The van der Waals surface area contributed by atoms with Gasteiger partial charge in [-0.15, -0.1) is 0 Å². The second-order valence-corrected chi connectivity index (χ2v) is 8.38. The maximum absolute atomic E-state index is 5.46. The summed E-state index contributed by atoms with van der Waals surface area (Å²) in [6, 6.07) is 0. The maximum Gasteiger partial charge on any atom is 1.00 e. The summed E-state index contributed by atoms with van der Waals surface area (Å²) in [4.78, 5) is 0. The molecule has 2 fully saturated rings. The van der Waals surface area contributed by atoms with Crippen molar-refractivity contribution in [3.63, 3.8) is 0 Å². The molecule has 124 valence electrons. The van der Waals surface area contributed by atoms with Crippen LogP contribution in [-0.4, -0.2) is 16.6 Å². The third-order valence-corrected chi connectivity index (χ3v) is 5.87. The molecule has 22 heavy (non-hydrogen) atoms. The van der Waals surface area contributed by atoms with Gasteiger partial charge in [0.2, 0.25) is 0 Å². The monoisotopic (exact) mass is 353 g/mol. The van der Waals surface area contributed by atoms with Crippen LogP contribution in [-0.2, 0) is 0 Å². The van der Waals surface area contributed by atoms with E-state index in [4.69, 9.17) is 23.7 Å². The summed E-state index contributed by atoms with van der Waals surface area (Å²) in [7, 11) is 0. The van der Waals surface area contributed by atoms with Gasteiger partial charge in [-0.05, 0) is 31.2 Å². The predicted octanol–water partition coefficient (Wildman–Crippen LogP) is 1.85. The molecule has 0 aromatic carbocycles. The van der Waals surface area contributed by atoms with Gasteiger partial charge in [0.25, 0.3) is 0 Å². The maximum atomic E-state index is 5.46. The van der Waals surface area contributed by atoms with Gasteiger partial charge in [-0.3, -0.25) is 0 Å². The van der Waals surface area contributed by atoms with Gasteiger partial charge in [0.15, 0.2) is 0 Å². The Morgan fingerprint density at radius 1 is 0.864 bits per heavy atom. The number of thioether (sulfide) groups is 1. The zero-order valence-corrected chi connectivity index (χ0v) is 18.2. The second-order valence-electron chi connectivity index (χ2n) is 6.54. The standard InChI is InChI=1S/C9H17NS2.C8H17N.Na/c10-9(11)12-7-6-8-4-2-1-3-5-8;9-7-6-8-4-2-1-3-5-8;/h8H,1-7H2,(H2,10,11);8H,1-7,9H2;/q;;+1. The molecule has 0 saturated heterocycles. The Labute approximate surface area is 169 Å². The van der Waals surface area contributed by atoms with E-state index in [1.54, 1.807) is 11.8 Å². The SMILES string of the molecule is NC(=S)SCCC1CCCCC1.NCCC1CCCCC1.[Na+]. The van der Waals surface area contributed by atoms with Crippen LogP contribution >= 0.6 is 24.0 Å². The van der Waals surface area contributed by atoms with Gasteiger partial charge >= 0.3 is 29.6 Å². The number of nitrogens with two attached hydrogens (primary N) is 2. The molecular formula is C17H34N2NaS2+. The van der Waals surface area contributed by atoms with E-state index in [-0.39, 0.29) is 29.6 Å². The van der Waals surface area contributed by atoms with Gasteiger partial charge in [-0.1, -0.05) is 88.2 Å². The number of hydrogen-bond acceptors (Lipinski definition) is 3. The van der Waals surface area contributed by atoms with E-state index in [0.29, 0.717) is 4.32 Å². The van der Waals surface area contributed by atoms with Crippen molar-refractivity contribution in [1.29, 1.82) is 0 Å². The Hall–Kier alpha value is 1.20. The van der Waals surface area contributed by atoms with E-state index >= 15 is 0 Å². The molecule has 2 aliphatic rings. The largest absolute Gasteiger partial charge is 1.00 e. The van der Waals surface area contributed by atoms with Crippen molar-refractivity contribution in [2.24, 2.45) is 23.3 Å². The third kappa shape index (κ3) is 12.6. The summed E-state index contributed by atoms with van der Waals surface area (Å²) in [6.45, 7) is 0.894. The van der Waals surface area contributed by atoms with Gasteiger partial charge in [-0.25, -0.2) is 0 Å². The molecule has 0 heterocycles. The zero-order valence-electron chi connectivity index (χ0n) is 14.5. The third-order valence-electron chi connectivity index (χ3n) is 4.79. The van der Waals surface area contributed by atoms with Crippen LogP contribution < -0.4 is 41.0 Å². The van der Waals surface area contributed by atoms with Crippen molar-refractivity contribution in [3.8, 4) is 0 Å². The summed E-state index contributed by atoms with van der Waals surface area (Å²) in [5, 5.41) is 0. The minimum absolute atomic E-state index is 0. The van der Waals surface area contributed by atoms with E-state index in [9.17, 15) is 0 Å². The first kappa shape index (κ1) is 23.2. The van der Waals surface area contributed by atoms with Crippen molar-refractivity contribution >= 4 is 28.3 Å². The summed E-state index contributed by atoms with van der Waals surface area (Å²) in [6.07, 6.45) is 17.0. The molecule has 0 aromatic rings. The average Bonchev–Trinajstić information content (AvgIpc) is 2.50. The van der Waals surface area contributed by atoms with E-state index in [0.717, 1.165) is 24.1 Å². The van der Waals surface area contributed by atoms with Crippen LogP contribution in [0.1, 0.15) is 77.0 Å². The van der Waals surface area contributed by atoms with Gasteiger partial charge in [0, 0.05) is 5.75 Å². The fourth-order valence-corrected chi connectivity index (χ4v) is 4.42. The summed E-state index contributed by atoms with van der Waals surface area (Å²) in [5.74, 6) is 3.06. The first-order valence-corrected chi connectivity index (χ1v) is 10.2. The van der Waals surface area contributed by atoms with Crippen molar-refractivity contribution in [3.05, 3.63) is 0 Å². The average molecular weight is 354 g/mol. The Balaban J connectivity index is 0.000000397. The minimum atomic E-state index is 0.